The molecule has 1 aromatic carbocycles. The number of nitrogens with one attached hydrogen (secondary N) is 2. The molecule has 1 aliphatic rings. The molecule has 2 rings (SSSR count). The molecule has 0 spiro atoms. The smallest absolute Gasteiger partial charge is 0.326 e. The van der Waals surface area contributed by atoms with Crippen LogP contribution in [0.3, 0.4) is 0 Å². The highest BCUT2D eigenvalue weighted by Gasteiger charge is 2.22. The largest absolute Gasteiger partial charge is 0.480 e. The van der Waals surface area contributed by atoms with Gasteiger partial charge in [0.05, 0.1) is 6.42 Å². The molecule has 1 aliphatic carbocycles. The number of aryl methyl sites for hydroxylation is 2. The lowest BCUT2D eigenvalue weighted by molar-refractivity contribution is -0.140. The molecule has 1 aromatic rings. The van der Waals surface area contributed by atoms with E-state index in [9.17, 15) is 14.4 Å². The van der Waals surface area contributed by atoms with Crippen molar-refractivity contribution in [2.24, 2.45) is 5.73 Å². The van der Waals surface area contributed by atoms with Crippen LogP contribution in [0.15, 0.2) is 18.2 Å². The zero-order valence-corrected chi connectivity index (χ0v) is 11.4. The lowest BCUT2D eigenvalue weighted by Crippen LogP contribution is -2.45. The predicted octanol–water partition coefficient (Wildman–Crippen LogP) is 0.625. The Morgan fingerprint density at radius 3 is 2.62 bits per heavy atom. The molecule has 0 radical (unpaired) electrons. The highest BCUT2D eigenvalue weighted by atomic mass is 16.4. The van der Waals surface area contributed by atoms with Gasteiger partial charge in [-0.2, -0.15) is 0 Å². The molecule has 0 bridgehead atoms. The molecule has 0 aromatic heterocycles. The van der Waals surface area contributed by atoms with E-state index in [2.05, 4.69) is 10.6 Å². The van der Waals surface area contributed by atoms with Crippen LogP contribution >= 0.6 is 0 Å². The number of hydrogen-bond acceptors (Lipinski definition) is 3. The van der Waals surface area contributed by atoms with Crippen molar-refractivity contribution in [3.63, 3.8) is 0 Å². The molecule has 21 heavy (non-hydrogen) atoms. The monoisotopic (exact) mass is 291 g/mol. The van der Waals surface area contributed by atoms with Crippen LogP contribution in [0, 0.1) is 0 Å². The van der Waals surface area contributed by atoms with Gasteiger partial charge in [-0.05, 0) is 42.5 Å². The maximum absolute atomic E-state index is 11.8. The number of aliphatic carboxylic acids is 1. The Hall–Kier alpha value is -2.57. The van der Waals surface area contributed by atoms with Crippen molar-refractivity contribution in [1.29, 1.82) is 0 Å². The first-order chi connectivity index (χ1) is 9.95. The third-order valence-electron chi connectivity index (χ3n) is 3.37. The summed E-state index contributed by atoms with van der Waals surface area (Å²) in [7, 11) is 0. The standard InChI is InChI=1S/C14H17N3O4/c15-12(18)7-11(13(19)20)17-14(21)16-10-5-4-8-2-1-3-9(8)6-10/h4-6,11H,1-3,7H2,(H2,15,18)(H,19,20)(H2,16,17,21)/t11-/m1/s1. The molecule has 7 nitrogen and oxygen atoms in total. The van der Waals surface area contributed by atoms with Crippen molar-refractivity contribution >= 4 is 23.6 Å². The molecule has 112 valence electrons. The Balaban J connectivity index is 1.97. The van der Waals surface area contributed by atoms with Gasteiger partial charge in [0.15, 0.2) is 0 Å². The summed E-state index contributed by atoms with van der Waals surface area (Å²) in [5.41, 5.74) is 8.01. The van der Waals surface area contributed by atoms with Gasteiger partial charge in [-0.3, -0.25) is 4.79 Å². The summed E-state index contributed by atoms with van der Waals surface area (Å²) in [5, 5.41) is 13.7. The molecule has 1 atom stereocenters. The summed E-state index contributed by atoms with van der Waals surface area (Å²) in [6, 6.07) is 3.59. The van der Waals surface area contributed by atoms with Gasteiger partial charge in [0.1, 0.15) is 6.04 Å². The zero-order valence-electron chi connectivity index (χ0n) is 11.4. The van der Waals surface area contributed by atoms with Gasteiger partial charge < -0.3 is 21.5 Å². The molecule has 0 aliphatic heterocycles. The molecule has 5 N–H and O–H groups in total. The van der Waals surface area contributed by atoms with E-state index in [0.29, 0.717) is 5.69 Å². The number of carboxylic acid groups (broad SMARTS) is 1. The van der Waals surface area contributed by atoms with Crippen molar-refractivity contribution in [3.05, 3.63) is 29.3 Å². The van der Waals surface area contributed by atoms with E-state index in [4.69, 9.17) is 10.8 Å². The lowest BCUT2D eigenvalue weighted by atomic mass is 10.1. The first kappa shape index (κ1) is 14.8. The Kier molecular flexibility index (Phi) is 4.42. The first-order valence-electron chi connectivity index (χ1n) is 6.66. The minimum Gasteiger partial charge on any atom is -0.480 e. The number of rotatable bonds is 5. The molecular weight excluding hydrogens is 274 g/mol. The second-order valence-corrected chi connectivity index (χ2v) is 5.00. The average Bonchev–Trinajstić information content (AvgIpc) is 2.84. The maximum atomic E-state index is 11.8. The summed E-state index contributed by atoms with van der Waals surface area (Å²) >= 11 is 0. The third kappa shape index (κ3) is 3.95. The first-order valence-corrected chi connectivity index (χ1v) is 6.66. The topological polar surface area (TPSA) is 122 Å². The number of fused-ring (bicyclic) bond motifs is 1. The van der Waals surface area contributed by atoms with Crippen LogP contribution in [-0.2, 0) is 22.4 Å². The number of primary amides is 1. The van der Waals surface area contributed by atoms with Gasteiger partial charge in [0, 0.05) is 5.69 Å². The van der Waals surface area contributed by atoms with Crippen LogP contribution in [0.4, 0.5) is 10.5 Å². The second-order valence-electron chi connectivity index (χ2n) is 5.00. The number of benzene rings is 1. The van der Waals surface area contributed by atoms with Gasteiger partial charge >= 0.3 is 12.0 Å². The normalized spacial score (nSPS) is 14.1. The molecule has 0 heterocycles. The predicted molar refractivity (Wildman–Crippen MR) is 75.9 cm³/mol. The SMILES string of the molecule is NC(=O)C[C@@H](NC(=O)Nc1ccc2c(c1)CCC2)C(=O)O. The van der Waals surface area contributed by atoms with E-state index < -0.39 is 30.4 Å². The van der Waals surface area contributed by atoms with Crippen LogP contribution in [0.25, 0.3) is 0 Å². The number of carbonyl (C=O) groups excluding carboxylic acids is 2. The average molecular weight is 291 g/mol. The summed E-state index contributed by atoms with van der Waals surface area (Å²) < 4.78 is 0. The van der Waals surface area contributed by atoms with Gasteiger partial charge in [-0.15, -0.1) is 0 Å². The Morgan fingerprint density at radius 2 is 1.95 bits per heavy atom. The highest BCUT2D eigenvalue weighted by molar-refractivity contribution is 5.93. The van der Waals surface area contributed by atoms with Crippen molar-refractivity contribution in [3.8, 4) is 0 Å². The fraction of sp³-hybridized carbons (Fsp3) is 0.357. The van der Waals surface area contributed by atoms with Gasteiger partial charge in [0.2, 0.25) is 5.91 Å². The summed E-state index contributed by atoms with van der Waals surface area (Å²) in [5.74, 6) is -2.10. The number of amides is 3. The fourth-order valence-electron chi connectivity index (χ4n) is 2.38. The van der Waals surface area contributed by atoms with Crippen molar-refractivity contribution in [2.45, 2.75) is 31.7 Å². The molecule has 0 unspecified atom stereocenters. The Bertz CT molecular complexity index is 586. The quantitative estimate of drug-likeness (QED) is 0.635. The van der Waals surface area contributed by atoms with Crippen LogP contribution in [0.2, 0.25) is 0 Å². The molecule has 7 heteroatoms. The fourth-order valence-corrected chi connectivity index (χ4v) is 2.38. The van der Waals surface area contributed by atoms with Gasteiger partial charge in [-0.1, -0.05) is 6.07 Å². The van der Waals surface area contributed by atoms with E-state index in [1.54, 1.807) is 6.07 Å². The van der Waals surface area contributed by atoms with Crippen LogP contribution in [0.5, 0.6) is 0 Å². The zero-order chi connectivity index (χ0) is 15.4. The lowest BCUT2D eigenvalue weighted by Gasteiger charge is -2.14. The Labute approximate surface area is 121 Å². The summed E-state index contributed by atoms with van der Waals surface area (Å²) in [6.45, 7) is 0. The van der Waals surface area contributed by atoms with E-state index in [0.717, 1.165) is 19.3 Å². The minimum absolute atomic E-state index is 0.451. The van der Waals surface area contributed by atoms with Gasteiger partial charge in [-0.25, -0.2) is 9.59 Å². The minimum atomic E-state index is -1.34. The van der Waals surface area contributed by atoms with Crippen LogP contribution < -0.4 is 16.4 Å². The van der Waals surface area contributed by atoms with Crippen LogP contribution in [-0.4, -0.2) is 29.1 Å². The third-order valence-corrected chi connectivity index (χ3v) is 3.37. The number of urea groups is 1. The number of carboxylic acids is 1. The van der Waals surface area contributed by atoms with Crippen LogP contribution in [0.1, 0.15) is 24.0 Å². The Morgan fingerprint density at radius 1 is 1.24 bits per heavy atom. The van der Waals surface area contributed by atoms with E-state index in [1.807, 2.05) is 12.1 Å². The maximum Gasteiger partial charge on any atom is 0.326 e. The van der Waals surface area contributed by atoms with E-state index >= 15 is 0 Å². The van der Waals surface area contributed by atoms with Gasteiger partial charge in [0.25, 0.3) is 0 Å². The molecule has 0 saturated carbocycles. The molecule has 0 fully saturated rings. The summed E-state index contributed by atoms with van der Waals surface area (Å²) in [6.07, 6.45) is 2.67. The van der Waals surface area contributed by atoms with E-state index in [1.165, 1.54) is 11.1 Å². The number of nitrogens with two attached hydrogens (primary N) is 1. The van der Waals surface area contributed by atoms with Crippen molar-refractivity contribution < 1.29 is 19.5 Å². The van der Waals surface area contributed by atoms with Crippen molar-refractivity contribution in [2.75, 3.05) is 5.32 Å². The van der Waals surface area contributed by atoms with Crippen molar-refractivity contribution in [1.82, 2.24) is 5.32 Å². The second kappa shape index (κ2) is 6.25. The summed E-state index contributed by atoms with van der Waals surface area (Å²) in [4.78, 5) is 33.5. The molecule has 3 amide bonds. The highest BCUT2D eigenvalue weighted by Crippen LogP contribution is 2.24. The number of carbonyl (C=O) groups is 3. The number of hydrogen-bond donors (Lipinski definition) is 4. The molecule has 0 saturated heterocycles. The molecular formula is C14H17N3O4. The number of anilines is 1. The van der Waals surface area contributed by atoms with E-state index in [-0.39, 0.29) is 0 Å².